The topological polar surface area (TPSA) is 60.8 Å². The molecule has 1 aromatic carbocycles. The van der Waals surface area contributed by atoms with Crippen molar-refractivity contribution in [3.8, 4) is 5.75 Å². The third-order valence-electron chi connectivity index (χ3n) is 3.95. The number of hydrogen-bond acceptors (Lipinski definition) is 3. The summed E-state index contributed by atoms with van der Waals surface area (Å²) in [6.07, 6.45) is 3.25. The molecule has 4 nitrogen and oxygen atoms in total. The first-order chi connectivity index (χ1) is 9.00. The fourth-order valence-corrected chi connectivity index (χ4v) is 2.77. The van der Waals surface area contributed by atoms with E-state index in [2.05, 4.69) is 0 Å². The molecule has 0 aromatic heterocycles. The van der Waals surface area contributed by atoms with E-state index < -0.39 is 6.10 Å². The first-order valence-electron chi connectivity index (χ1n) is 6.75. The molecule has 0 heterocycles. The van der Waals surface area contributed by atoms with Gasteiger partial charge in [-0.25, -0.2) is 0 Å². The van der Waals surface area contributed by atoms with Crippen LogP contribution < -0.4 is 0 Å². The molecule has 2 N–H and O–H groups in total. The summed E-state index contributed by atoms with van der Waals surface area (Å²) in [4.78, 5) is 14.1. The lowest BCUT2D eigenvalue weighted by Gasteiger charge is -2.35. The molecule has 0 radical (unpaired) electrons. The molecule has 0 saturated heterocycles. The molecular weight excluding hydrogens is 242 g/mol. The van der Waals surface area contributed by atoms with Crippen molar-refractivity contribution in [1.29, 1.82) is 0 Å². The Morgan fingerprint density at radius 2 is 2.00 bits per heavy atom. The van der Waals surface area contributed by atoms with Crippen LogP contribution in [-0.2, 0) is 0 Å². The zero-order valence-corrected chi connectivity index (χ0v) is 11.5. The number of hydrogen-bond donors (Lipinski definition) is 2. The van der Waals surface area contributed by atoms with E-state index in [4.69, 9.17) is 0 Å². The lowest BCUT2D eigenvalue weighted by molar-refractivity contribution is 0.0267. The number of aliphatic hydroxyl groups excluding tert-OH is 1. The number of aromatic hydroxyl groups is 1. The molecule has 1 fully saturated rings. The number of likely N-dealkylation sites (N-methyl/N-ethyl adjacent to an activating group) is 1. The van der Waals surface area contributed by atoms with Gasteiger partial charge in [0.1, 0.15) is 5.75 Å². The van der Waals surface area contributed by atoms with Crippen molar-refractivity contribution in [3.63, 3.8) is 0 Å². The van der Waals surface area contributed by atoms with Crippen molar-refractivity contribution < 1.29 is 15.0 Å². The number of carbonyl (C=O) groups excluding carboxylic acids is 1. The van der Waals surface area contributed by atoms with Crippen molar-refractivity contribution in [3.05, 3.63) is 29.3 Å². The van der Waals surface area contributed by atoms with Crippen LogP contribution in [0.5, 0.6) is 5.75 Å². The molecule has 0 aliphatic heterocycles. The molecule has 1 aliphatic rings. The van der Waals surface area contributed by atoms with Crippen molar-refractivity contribution in [2.75, 3.05) is 7.05 Å². The Morgan fingerprint density at radius 3 is 2.63 bits per heavy atom. The van der Waals surface area contributed by atoms with Crippen LogP contribution >= 0.6 is 0 Å². The number of phenols is 1. The zero-order chi connectivity index (χ0) is 14.0. The molecule has 0 spiro atoms. The summed E-state index contributed by atoms with van der Waals surface area (Å²) in [5, 5.41) is 19.4. The van der Waals surface area contributed by atoms with Gasteiger partial charge < -0.3 is 15.1 Å². The molecule has 1 saturated carbocycles. The highest BCUT2D eigenvalue weighted by atomic mass is 16.3. The van der Waals surface area contributed by atoms with Gasteiger partial charge in [0, 0.05) is 12.6 Å². The summed E-state index contributed by atoms with van der Waals surface area (Å²) in [6.45, 7) is 1.80. The number of aryl methyl sites for hydroxylation is 1. The second kappa shape index (κ2) is 5.61. The van der Waals surface area contributed by atoms with Crippen LogP contribution in [0.4, 0.5) is 0 Å². The van der Waals surface area contributed by atoms with E-state index in [9.17, 15) is 15.0 Å². The van der Waals surface area contributed by atoms with Crippen LogP contribution in [0.25, 0.3) is 0 Å². The first-order valence-corrected chi connectivity index (χ1v) is 6.75. The molecule has 0 bridgehead atoms. The van der Waals surface area contributed by atoms with Crippen LogP contribution in [0.3, 0.4) is 0 Å². The molecule has 2 rings (SSSR count). The second-order valence-electron chi connectivity index (χ2n) is 5.33. The molecule has 1 aliphatic carbocycles. The van der Waals surface area contributed by atoms with E-state index in [-0.39, 0.29) is 17.7 Å². The van der Waals surface area contributed by atoms with E-state index in [1.807, 2.05) is 0 Å². The van der Waals surface area contributed by atoms with Crippen molar-refractivity contribution >= 4 is 5.91 Å². The Balaban J connectivity index is 2.18. The number of aliphatic hydroxyl groups is 1. The van der Waals surface area contributed by atoms with Gasteiger partial charge in [0.15, 0.2) is 0 Å². The van der Waals surface area contributed by atoms with Gasteiger partial charge in [0.05, 0.1) is 12.1 Å². The Hall–Kier alpha value is -1.55. The Labute approximate surface area is 113 Å². The SMILES string of the molecule is Cc1cc(O)ccc1C(=O)N(C)C1CCCCC1O. The monoisotopic (exact) mass is 263 g/mol. The largest absolute Gasteiger partial charge is 0.508 e. The zero-order valence-electron chi connectivity index (χ0n) is 11.5. The summed E-state index contributed by atoms with van der Waals surface area (Å²) < 4.78 is 0. The van der Waals surface area contributed by atoms with Gasteiger partial charge in [-0.2, -0.15) is 0 Å². The van der Waals surface area contributed by atoms with Crippen LogP contribution in [0.2, 0.25) is 0 Å². The minimum atomic E-state index is -0.430. The molecule has 4 heteroatoms. The Bertz CT molecular complexity index is 472. The quantitative estimate of drug-likeness (QED) is 0.858. The summed E-state index contributed by atoms with van der Waals surface area (Å²) in [5.74, 6) is 0.0675. The predicted molar refractivity (Wildman–Crippen MR) is 73.2 cm³/mol. The van der Waals surface area contributed by atoms with E-state index in [1.165, 1.54) is 6.07 Å². The molecule has 104 valence electrons. The van der Waals surface area contributed by atoms with Gasteiger partial charge >= 0.3 is 0 Å². The maximum Gasteiger partial charge on any atom is 0.254 e. The number of amides is 1. The summed E-state index contributed by atoms with van der Waals surface area (Å²) in [7, 11) is 1.74. The number of phenolic OH excluding ortho intramolecular Hbond substituents is 1. The smallest absolute Gasteiger partial charge is 0.254 e. The number of rotatable bonds is 2. The van der Waals surface area contributed by atoms with Crippen LogP contribution in [0.1, 0.15) is 41.6 Å². The Kier molecular flexibility index (Phi) is 4.10. The average molecular weight is 263 g/mol. The molecule has 2 atom stereocenters. The normalized spacial score (nSPS) is 23.1. The third-order valence-corrected chi connectivity index (χ3v) is 3.95. The predicted octanol–water partition coefficient (Wildman–Crippen LogP) is 2.08. The van der Waals surface area contributed by atoms with E-state index in [1.54, 1.807) is 31.0 Å². The lowest BCUT2D eigenvalue weighted by Crippen LogP contribution is -2.46. The van der Waals surface area contributed by atoms with Crippen molar-refractivity contribution in [2.45, 2.75) is 44.8 Å². The number of carbonyl (C=O) groups is 1. The van der Waals surface area contributed by atoms with Gasteiger partial charge in [-0.3, -0.25) is 4.79 Å². The van der Waals surface area contributed by atoms with Gasteiger partial charge in [-0.1, -0.05) is 12.8 Å². The second-order valence-corrected chi connectivity index (χ2v) is 5.33. The van der Waals surface area contributed by atoms with E-state index in [0.717, 1.165) is 31.2 Å². The van der Waals surface area contributed by atoms with Gasteiger partial charge in [-0.05, 0) is 43.5 Å². The fraction of sp³-hybridized carbons (Fsp3) is 0.533. The number of benzene rings is 1. The van der Waals surface area contributed by atoms with E-state index >= 15 is 0 Å². The minimum Gasteiger partial charge on any atom is -0.508 e. The Morgan fingerprint density at radius 1 is 1.32 bits per heavy atom. The van der Waals surface area contributed by atoms with Crippen LogP contribution in [0, 0.1) is 6.92 Å². The van der Waals surface area contributed by atoms with Gasteiger partial charge in [0.25, 0.3) is 5.91 Å². The molecule has 1 aromatic rings. The van der Waals surface area contributed by atoms with Crippen molar-refractivity contribution in [2.24, 2.45) is 0 Å². The minimum absolute atomic E-state index is 0.0940. The number of nitrogens with zero attached hydrogens (tertiary/aromatic N) is 1. The maximum atomic E-state index is 12.5. The first kappa shape index (κ1) is 13.9. The van der Waals surface area contributed by atoms with E-state index in [0.29, 0.717) is 5.56 Å². The standard InChI is InChI=1S/C15H21NO3/c1-10-9-11(17)7-8-12(10)15(19)16(2)13-5-3-4-6-14(13)18/h7-9,13-14,17-18H,3-6H2,1-2H3. The highest BCUT2D eigenvalue weighted by Crippen LogP contribution is 2.25. The van der Waals surface area contributed by atoms with Gasteiger partial charge in [0.2, 0.25) is 0 Å². The molecule has 1 amide bonds. The summed E-state index contributed by atoms with van der Waals surface area (Å²) in [5.41, 5.74) is 1.33. The highest BCUT2D eigenvalue weighted by molar-refractivity contribution is 5.95. The van der Waals surface area contributed by atoms with Crippen LogP contribution in [-0.4, -0.2) is 40.2 Å². The molecule has 19 heavy (non-hydrogen) atoms. The summed E-state index contributed by atoms with van der Waals surface area (Å²) >= 11 is 0. The maximum absolute atomic E-state index is 12.5. The molecular formula is C15H21NO3. The highest BCUT2D eigenvalue weighted by Gasteiger charge is 2.30. The average Bonchev–Trinajstić information content (AvgIpc) is 2.38. The fourth-order valence-electron chi connectivity index (χ4n) is 2.77. The molecule has 2 unspecified atom stereocenters. The summed E-state index contributed by atoms with van der Waals surface area (Å²) in [6, 6.07) is 4.64. The van der Waals surface area contributed by atoms with Crippen LogP contribution in [0.15, 0.2) is 18.2 Å². The lowest BCUT2D eigenvalue weighted by atomic mass is 9.91. The third kappa shape index (κ3) is 2.89. The van der Waals surface area contributed by atoms with Gasteiger partial charge in [-0.15, -0.1) is 0 Å². The van der Waals surface area contributed by atoms with Crippen molar-refractivity contribution in [1.82, 2.24) is 4.90 Å².